The molecule has 1 aliphatic rings. The first-order valence-corrected chi connectivity index (χ1v) is 8.84. The topological polar surface area (TPSA) is 49.4 Å². The highest BCUT2D eigenvalue weighted by Gasteiger charge is 2.33. The quantitative estimate of drug-likeness (QED) is 0.834. The summed E-state index contributed by atoms with van der Waals surface area (Å²) in [4.78, 5) is -0.331. The fourth-order valence-electron chi connectivity index (χ4n) is 2.25. The molecule has 0 heterocycles. The molecular formula is C14H20ClFN2O2S. The molecule has 21 heavy (non-hydrogen) atoms. The predicted octanol–water partition coefficient (Wildman–Crippen LogP) is 2.62. The van der Waals surface area contributed by atoms with Crippen molar-refractivity contribution in [1.29, 1.82) is 0 Å². The maximum absolute atomic E-state index is 14.5. The van der Waals surface area contributed by atoms with Crippen molar-refractivity contribution in [1.82, 2.24) is 9.62 Å². The van der Waals surface area contributed by atoms with Crippen LogP contribution in [0.4, 0.5) is 4.39 Å². The highest BCUT2D eigenvalue weighted by molar-refractivity contribution is 7.89. The lowest BCUT2D eigenvalue weighted by Gasteiger charge is -2.21. The molecule has 7 heteroatoms. The summed E-state index contributed by atoms with van der Waals surface area (Å²) in [5.41, 5.74) is 0.256. The SMILES string of the molecule is CCN(CC1CC1)S(=O)(=O)c1cc(Cl)cc(CNC)c1F. The van der Waals surface area contributed by atoms with Gasteiger partial charge in [0.05, 0.1) is 0 Å². The number of sulfonamides is 1. The molecule has 0 spiro atoms. The maximum atomic E-state index is 14.5. The van der Waals surface area contributed by atoms with Crippen LogP contribution >= 0.6 is 11.6 Å². The van der Waals surface area contributed by atoms with Gasteiger partial charge < -0.3 is 5.32 Å². The van der Waals surface area contributed by atoms with E-state index in [9.17, 15) is 12.8 Å². The summed E-state index contributed by atoms with van der Waals surface area (Å²) in [6, 6.07) is 2.64. The van der Waals surface area contributed by atoms with Crippen molar-refractivity contribution in [3.63, 3.8) is 0 Å². The molecule has 1 fully saturated rings. The van der Waals surface area contributed by atoms with E-state index in [4.69, 9.17) is 11.6 Å². The zero-order valence-electron chi connectivity index (χ0n) is 12.2. The van der Waals surface area contributed by atoms with E-state index in [1.807, 2.05) is 0 Å². The molecule has 0 bridgehead atoms. The molecule has 2 rings (SSSR count). The van der Waals surface area contributed by atoms with E-state index >= 15 is 0 Å². The minimum Gasteiger partial charge on any atom is -0.316 e. The number of nitrogens with one attached hydrogen (secondary N) is 1. The van der Waals surface area contributed by atoms with Crippen molar-refractivity contribution in [3.05, 3.63) is 28.5 Å². The molecule has 118 valence electrons. The van der Waals surface area contributed by atoms with Crippen molar-refractivity contribution in [2.45, 2.75) is 31.2 Å². The van der Waals surface area contributed by atoms with E-state index in [0.29, 0.717) is 19.0 Å². The lowest BCUT2D eigenvalue weighted by molar-refractivity contribution is 0.408. The van der Waals surface area contributed by atoms with Gasteiger partial charge in [-0.05, 0) is 37.9 Å². The average molecular weight is 335 g/mol. The van der Waals surface area contributed by atoms with Gasteiger partial charge in [-0.15, -0.1) is 0 Å². The van der Waals surface area contributed by atoms with Gasteiger partial charge in [0, 0.05) is 30.2 Å². The van der Waals surface area contributed by atoms with Crippen molar-refractivity contribution < 1.29 is 12.8 Å². The highest BCUT2D eigenvalue weighted by atomic mass is 35.5. The van der Waals surface area contributed by atoms with Crippen LogP contribution in [0, 0.1) is 11.7 Å². The first-order chi connectivity index (χ1) is 9.90. The van der Waals surface area contributed by atoms with Crippen LogP contribution in [0.1, 0.15) is 25.3 Å². The average Bonchev–Trinajstić information content (AvgIpc) is 3.23. The summed E-state index contributed by atoms with van der Waals surface area (Å²) < 4.78 is 41.1. The second-order valence-electron chi connectivity index (χ2n) is 5.31. The van der Waals surface area contributed by atoms with Crippen LogP contribution in [0.25, 0.3) is 0 Å². The molecule has 0 unspecified atom stereocenters. The van der Waals surface area contributed by atoms with Crippen molar-refractivity contribution >= 4 is 21.6 Å². The number of rotatable bonds is 7. The van der Waals surface area contributed by atoms with Gasteiger partial charge in [0.2, 0.25) is 10.0 Å². The summed E-state index contributed by atoms with van der Waals surface area (Å²) in [6.45, 7) is 2.76. The normalized spacial score (nSPS) is 15.7. The zero-order valence-corrected chi connectivity index (χ0v) is 13.8. The molecule has 1 aromatic rings. The van der Waals surface area contributed by atoms with Crippen molar-refractivity contribution in [2.24, 2.45) is 5.92 Å². The Bertz CT molecular complexity index is 618. The summed E-state index contributed by atoms with van der Waals surface area (Å²) >= 11 is 5.95. The van der Waals surface area contributed by atoms with Gasteiger partial charge in [-0.3, -0.25) is 0 Å². The van der Waals surface area contributed by atoms with Gasteiger partial charge in [-0.25, -0.2) is 12.8 Å². The fraction of sp³-hybridized carbons (Fsp3) is 0.571. The largest absolute Gasteiger partial charge is 0.316 e. The van der Waals surface area contributed by atoms with Gasteiger partial charge in [0.15, 0.2) is 0 Å². The van der Waals surface area contributed by atoms with E-state index < -0.39 is 15.8 Å². The van der Waals surface area contributed by atoms with Crippen molar-refractivity contribution in [3.8, 4) is 0 Å². The monoisotopic (exact) mass is 334 g/mol. The van der Waals surface area contributed by atoms with Crippen LogP contribution in [0.2, 0.25) is 5.02 Å². The second-order valence-corrected chi connectivity index (χ2v) is 7.65. The first kappa shape index (κ1) is 16.7. The number of benzene rings is 1. The Hall–Kier alpha value is -0.690. The number of nitrogens with zero attached hydrogens (tertiary/aromatic N) is 1. The highest BCUT2D eigenvalue weighted by Crippen LogP contribution is 2.33. The standard InChI is InChI=1S/C14H20ClFN2O2S/c1-3-18(9-10-4-5-10)21(19,20)13-7-12(15)6-11(8-17-2)14(13)16/h6-7,10,17H,3-5,8-9H2,1-2H3. The van der Waals surface area contributed by atoms with E-state index in [-0.39, 0.29) is 22.0 Å². The zero-order chi connectivity index (χ0) is 15.6. The molecule has 0 radical (unpaired) electrons. The summed E-state index contributed by atoms with van der Waals surface area (Å²) in [5.74, 6) is -0.318. The van der Waals surface area contributed by atoms with Crippen LogP contribution < -0.4 is 5.32 Å². The lowest BCUT2D eigenvalue weighted by Crippen LogP contribution is -2.33. The molecular weight excluding hydrogens is 315 g/mol. The molecule has 4 nitrogen and oxygen atoms in total. The van der Waals surface area contributed by atoms with Crippen LogP contribution in [0.5, 0.6) is 0 Å². The third kappa shape index (κ3) is 3.74. The van der Waals surface area contributed by atoms with Crippen LogP contribution in [-0.2, 0) is 16.6 Å². The Morgan fingerprint density at radius 1 is 1.43 bits per heavy atom. The molecule has 1 aliphatic carbocycles. The predicted molar refractivity (Wildman–Crippen MR) is 81.3 cm³/mol. The number of hydrogen-bond donors (Lipinski definition) is 1. The van der Waals surface area contributed by atoms with Gasteiger partial charge >= 0.3 is 0 Å². The van der Waals surface area contributed by atoms with E-state index in [1.165, 1.54) is 16.4 Å². The minimum atomic E-state index is -3.85. The van der Waals surface area contributed by atoms with Gasteiger partial charge in [-0.1, -0.05) is 18.5 Å². The Morgan fingerprint density at radius 2 is 2.10 bits per heavy atom. The summed E-state index contributed by atoms with van der Waals surface area (Å²) in [7, 11) is -2.19. The van der Waals surface area contributed by atoms with E-state index in [1.54, 1.807) is 14.0 Å². The third-order valence-corrected chi connectivity index (χ3v) is 5.73. The van der Waals surface area contributed by atoms with Crippen LogP contribution in [0.3, 0.4) is 0 Å². The van der Waals surface area contributed by atoms with Gasteiger partial charge in [-0.2, -0.15) is 4.31 Å². The molecule has 0 amide bonds. The number of halogens is 2. The Morgan fingerprint density at radius 3 is 2.62 bits per heavy atom. The third-order valence-electron chi connectivity index (χ3n) is 3.58. The second kappa shape index (κ2) is 6.60. The van der Waals surface area contributed by atoms with Crippen LogP contribution in [-0.4, -0.2) is 32.9 Å². The molecule has 1 N–H and O–H groups in total. The Labute approximate surface area is 130 Å². The maximum Gasteiger partial charge on any atom is 0.246 e. The molecule has 0 atom stereocenters. The Balaban J connectivity index is 2.42. The molecule has 0 saturated heterocycles. The lowest BCUT2D eigenvalue weighted by atomic mass is 10.2. The molecule has 0 aromatic heterocycles. The molecule has 0 aliphatic heterocycles. The minimum absolute atomic E-state index is 0.225. The molecule has 1 aromatic carbocycles. The van der Waals surface area contributed by atoms with Crippen LogP contribution in [0.15, 0.2) is 17.0 Å². The van der Waals surface area contributed by atoms with Gasteiger partial charge in [0.25, 0.3) is 0 Å². The fourth-order valence-corrected chi connectivity index (χ4v) is 4.21. The van der Waals surface area contributed by atoms with E-state index in [0.717, 1.165) is 12.8 Å². The molecule has 1 saturated carbocycles. The summed E-state index contributed by atoms with van der Waals surface area (Å²) in [6.07, 6.45) is 2.07. The summed E-state index contributed by atoms with van der Waals surface area (Å²) in [5, 5.41) is 3.03. The smallest absolute Gasteiger partial charge is 0.246 e. The van der Waals surface area contributed by atoms with E-state index in [2.05, 4.69) is 5.32 Å². The Kier molecular flexibility index (Phi) is 5.24. The van der Waals surface area contributed by atoms with Gasteiger partial charge in [0.1, 0.15) is 10.7 Å². The first-order valence-electron chi connectivity index (χ1n) is 7.02. The van der Waals surface area contributed by atoms with Crippen molar-refractivity contribution in [2.75, 3.05) is 20.1 Å². The number of hydrogen-bond acceptors (Lipinski definition) is 3.